The fourth-order valence-electron chi connectivity index (χ4n) is 3.47. The van der Waals surface area contributed by atoms with Crippen LogP contribution in [0.5, 0.6) is 0 Å². The fraction of sp³-hybridized carbons (Fsp3) is 0.938. The number of carbonyl (C=O) groups is 1. The first-order chi connectivity index (χ1) is 8.55. The molecule has 0 saturated carbocycles. The van der Waals surface area contributed by atoms with E-state index in [1.165, 1.54) is 0 Å². The van der Waals surface area contributed by atoms with E-state index in [9.17, 15) is 4.79 Å². The van der Waals surface area contributed by atoms with Crippen molar-refractivity contribution in [3.63, 3.8) is 0 Å². The molecule has 0 rings (SSSR count). The Kier molecular flexibility index (Phi) is 6.07. The summed E-state index contributed by atoms with van der Waals surface area (Å²) in [6.07, 6.45) is 2.62. The maximum absolute atomic E-state index is 12.0. The van der Waals surface area contributed by atoms with Crippen LogP contribution >= 0.6 is 0 Å². The Bertz CT molecular complexity index is 289. The monoisotopic (exact) mass is 272 g/mol. The highest BCUT2D eigenvalue weighted by Gasteiger charge is 2.56. The Balaban J connectivity index is 5.97. The molecule has 0 saturated heterocycles. The zero-order valence-corrected chi connectivity index (χ0v) is 14.0. The molecule has 3 nitrogen and oxygen atoms in total. The van der Waals surface area contributed by atoms with Crippen LogP contribution in [0.2, 0.25) is 0 Å². The van der Waals surface area contributed by atoms with Gasteiger partial charge in [0, 0.05) is 0 Å². The Morgan fingerprint density at radius 3 is 1.58 bits per heavy atom. The summed E-state index contributed by atoms with van der Waals surface area (Å²) in [4.78, 5) is 16.1. The molecule has 19 heavy (non-hydrogen) atoms. The molecule has 0 aromatic carbocycles. The average Bonchev–Trinajstić information content (AvgIpc) is 2.38. The van der Waals surface area contributed by atoms with E-state index in [0.717, 1.165) is 12.8 Å². The zero-order chi connectivity index (χ0) is 15.5. The van der Waals surface area contributed by atoms with Crippen LogP contribution in [-0.4, -0.2) is 11.2 Å². The minimum Gasteiger partial charge on any atom is -0.301 e. The van der Waals surface area contributed by atoms with Crippen molar-refractivity contribution < 1.29 is 14.9 Å². The van der Waals surface area contributed by atoms with Gasteiger partial charge in [-0.05, 0) is 22.7 Å². The van der Waals surface area contributed by atoms with E-state index < -0.39 is 5.97 Å². The van der Waals surface area contributed by atoms with Crippen molar-refractivity contribution in [3.8, 4) is 0 Å². The van der Waals surface area contributed by atoms with Gasteiger partial charge in [0.25, 0.3) is 0 Å². The third-order valence-corrected chi connectivity index (χ3v) is 6.06. The fourth-order valence-corrected chi connectivity index (χ4v) is 3.47. The number of carbonyl (C=O) groups excluding carboxylic acids is 1. The Labute approximate surface area is 118 Å². The van der Waals surface area contributed by atoms with Gasteiger partial charge in [-0.25, -0.2) is 4.79 Å². The summed E-state index contributed by atoms with van der Waals surface area (Å²) >= 11 is 0. The summed E-state index contributed by atoms with van der Waals surface area (Å²) in [5, 5.41) is 8.83. The summed E-state index contributed by atoms with van der Waals surface area (Å²) in [6, 6.07) is 0. The second-order valence-electron chi connectivity index (χ2n) is 7.05. The topological polar surface area (TPSA) is 46.5 Å². The summed E-state index contributed by atoms with van der Waals surface area (Å²) in [7, 11) is 0. The molecule has 3 heteroatoms. The molecule has 0 heterocycles. The molecule has 0 aromatic rings. The highest BCUT2D eigenvalue weighted by molar-refractivity contribution is 5.73. The zero-order valence-electron chi connectivity index (χ0n) is 14.0. The maximum Gasteiger partial charge on any atom is 0.345 e. The Hall–Kier alpha value is -0.570. The van der Waals surface area contributed by atoms with Gasteiger partial charge in [-0.1, -0.05) is 68.2 Å². The van der Waals surface area contributed by atoms with Crippen molar-refractivity contribution in [2.75, 3.05) is 0 Å². The van der Waals surface area contributed by atoms with Crippen molar-refractivity contribution in [1.82, 2.24) is 0 Å². The third kappa shape index (κ3) is 2.96. The van der Waals surface area contributed by atoms with Gasteiger partial charge in [0.05, 0.1) is 5.92 Å². The summed E-state index contributed by atoms with van der Waals surface area (Å²) in [5.41, 5.74) is -0.305. The lowest BCUT2D eigenvalue weighted by Gasteiger charge is -2.57. The van der Waals surface area contributed by atoms with E-state index >= 15 is 0 Å². The molecule has 0 fully saturated rings. The number of hydrogen-bond donors (Lipinski definition) is 1. The van der Waals surface area contributed by atoms with Gasteiger partial charge in [-0.15, -0.1) is 0 Å². The van der Waals surface area contributed by atoms with Crippen molar-refractivity contribution >= 4 is 5.97 Å². The van der Waals surface area contributed by atoms with Crippen LogP contribution in [0, 0.1) is 22.2 Å². The molecule has 0 aliphatic heterocycles. The molecule has 0 radical (unpaired) electrons. The first-order valence-corrected chi connectivity index (χ1v) is 7.40. The lowest BCUT2D eigenvalue weighted by molar-refractivity contribution is -0.249. The van der Waals surface area contributed by atoms with Gasteiger partial charge < -0.3 is 4.89 Å². The first kappa shape index (κ1) is 18.4. The van der Waals surface area contributed by atoms with Crippen LogP contribution < -0.4 is 0 Å². The second kappa shape index (κ2) is 6.25. The van der Waals surface area contributed by atoms with Crippen molar-refractivity contribution in [3.05, 3.63) is 0 Å². The molecular weight excluding hydrogens is 240 g/mol. The molecule has 0 aliphatic rings. The van der Waals surface area contributed by atoms with E-state index in [1.54, 1.807) is 0 Å². The minimum absolute atomic E-state index is 0.0264. The molecule has 0 aliphatic carbocycles. The van der Waals surface area contributed by atoms with Gasteiger partial charge >= 0.3 is 5.97 Å². The molecule has 1 N–H and O–H groups in total. The molecule has 1 unspecified atom stereocenters. The highest BCUT2D eigenvalue weighted by atomic mass is 17.1. The van der Waals surface area contributed by atoms with Gasteiger partial charge in [0.15, 0.2) is 0 Å². The van der Waals surface area contributed by atoms with Crippen molar-refractivity contribution in [2.45, 2.75) is 74.7 Å². The van der Waals surface area contributed by atoms with Gasteiger partial charge in [0.2, 0.25) is 0 Å². The third-order valence-electron chi connectivity index (χ3n) is 6.06. The molecule has 0 aromatic heterocycles. The van der Waals surface area contributed by atoms with Crippen molar-refractivity contribution in [1.29, 1.82) is 0 Å². The predicted molar refractivity (Wildman–Crippen MR) is 78.8 cm³/mol. The first-order valence-electron chi connectivity index (χ1n) is 7.40. The van der Waals surface area contributed by atoms with E-state index in [1.807, 2.05) is 6.92 Å². The summed E-state index contributed by atoms with van der Waals surface area (Å²) < 4.78 is 0. The van der Waals surface area contributed by atoms with Crippen LogP contribution in [-0.2, 0) is 9.68 Å². The molecule has 0 amide bonds. The average molecular weight is 272 g/mol. The quantitative estimate of drug-likeness (QED) is 0.529. The van der Waals surface area contributed by atoms with Crippen molar-refractivity contribution in [2.24, 2.45) is 22.2 Å². The van der Waals surface area contributed by atoms with Gasteiger partial charge in [-0.3, -0.25) is 0 Å². The highest BCUT2D eigenvalue weighted by Crippen LogP contribution is 2.59. The van der Waals surface area contributed by atoms with Crippen LogP contribution in [0.3, 0.4) is 0 Å². The standard InChI is InChI=1S/C16H32O3/c1-9-12(13(17)19-18)16(8,14(4,5)10-2)15(6,7)11-3/h12,18H,9-11H2,1-8H3. The molecule has 114 valence electrons. The SMILES string of the molecule is CCC(C(=O)OO)C(C)(C(C)(C)CC)C(C)(C)CC. The lowest BCUT2D eigenvalue weighted by Crippen LogP contribution is -2.53. The van der Waals surface area contributed by atoms with E-state index in [-0.39, 0.29) is 22.2 Å². The lowest BCUT2D eigenvalue weighted by atomic mass is 9.47. The summed E-state index contributed by atoms with van der Waals surface area (Å²) in [5.74, 6) is -0.810. The molecule has 0 spiro atoms. The van der Waals surface area contributed by atoms with Crippen LogP contribution in [0.25, 0.3) is 0 Å². The molecule has 0 bridgehead atoms. The minimum atomic E-state index is -0.506. The van der Waals surface area contributed by atoms with Gasteiger partial charge in [-0.2, -0.15) is 5.26 Å². The maximum atomic E-state index is 12.0. The van der Waals surface area contributed by atoms with Crippen LogP contribution in [0.15, 0.2) is 0 Å². The Morgan fingerprint density at radius 1 is 1.00 bits per heavy atom. The predicted octanol–water partition coefficient (Wildman–Crippen LogP) is 4.91. The number of hydrogen-bond acceptors (Lipinski definition) is 3. The molecule has 1 atom stereocenters. The smallest absolute Gasteiger partial charge is 0.301 e. The second-order valence-corrected chi connectivity index (χ2v) is 7.05. The Morgan fingerprint density at radius 2 is 1.37 bits per heavy atom. The molecular formula is C16H32O3. The summed E-state index contributed by atoms with van der Waals surface area (Å²) in [6.45, 7) is 17.3. The van der Waals surface area contributed by atoms with Crippen LogP contribution in [0.4, 0.5) is 0 Å². The number of rotatable bonds is 7. The normalized spacial score (nSPS) is 15.2. The largest absolute Gasteiger partial charge is 0.345 e. The van der Waals surface area contributed by atoms with E-state index in [0.29, 0.717) is 6.42 Å². The van der Waals surface area contributed by atoms with Gasteiger partial charge in [0.1, 0.15) is 0 Å². The van der Waals surface area contributed by atoms with Crippen LogP contribution in [0.1, 0.15) is 74.7 Å². The van der Waals surface area contributed by atoms with E-state index in [2.05, 4.69) is 53.4 Å². The van der Waals surface area contributed by atoms with E-state index in [4.69, 9.17) is 5.26 Å².